The third-order valence-electron chi connectivity index (χ3n) is 2.40. The molecule has 1 amide bonds. The summed E-state index contributed by atoms with van der Waals surface area (Å²) in [4.78, 5) is 11.6. The second-order valence-electron chi connectivity index (χ2n) is 3.75. The largest absolute Gasteiger partial charge is 0.448 e. The number of nitrogens with one attached hydrogen (secondary N) is 1. The molecule has 0 aliphatic rings. The lowest BCUT2D eigenvalue weighted by Gasteiger charge is -2.04. The van der Waals surface area contributed by atoms with E-state index in [1.54, 1.807) is 30.3 Å². The van der Waals surface area contributed by atoms with Crippen LogP contribution in [0, 0.1) is 5.82 Å². The molecule has 0 unspecified atom stereocenters. The van der Waals surface area contributed by atoms with E-state index in [1.165, 1.54) is 6.07 Å². The zero-order valence-corrected chi connectivity index (χ0v) is 10.2. The van der Waals surface area contributed by atoms with E-state index in [0.29, 0.717) is 11.3 Å². The molecule has 2 aromatic rings. The van der Waals surface area contributed by atoms with E-state index in [2.05, 4.69) is 5.32 Å². The lowest BCUT2D eigenvalue weighted by Crippen LogP contribution is -2.24. The lowest BCUT2D eigenvalue weighted by atomic mass is 10.1. The highest BCUT2D eigenvalue weighted by atomic mass is 35.5. The molecule has 18 heavy (non-hydrogen) atoms. The second kappa shape index (κ2) is 5.69. The predicted octanol–water partition coefficient (Wildman–Crippen LogP) is 2.93. The summed E-state index contributed by atoms with van der Waals surface area (Å²) >= 11 is 5.60. The molecule has 0 radical (unpaired) electrons. The fourth-order valence-electron chi connectivity index (χ4n) is 1.51. The van der Waals surface area contributed by atoms with Crippen molar-refractivity contribution in [1.29, 1.82) is 0 Å². The number of rotatable bonds is 4. The molecule has 0 aliphatic heterocycles. The Morgan fingerprint density at radius 3 is 2.72 bits per heavy atom. The standard InChI is InChI=1S/C13H11ClFNO2/c14-12-6-5-10(18-12)8-16-13(17)7-9-3-1-2-4-11(9)15/h1-6H,7-8H2,(H,16,17). The highest BCUT2D eigenvalue weighted by Gasteiger charge is 2.08. The van der Waals surface area contributed by atoms with Gasteiger partial charge in [0, 0.05) is 0 Å². The van der Waals surface area contributed by atoms with Crippen LogP contribution < -0.4 is 5.32 Å². The van der Waals surface area contributed by atoms with Crippen molar-refractivity contribution in [3.63, 3.8) is 0 Å². The van der Waals surface area contributed by atoms with E-state index in [1.807, 2.05) is 0 Å². The molecule has 0 atom stereocenters. The molecule has 0 fully saturated rings. The molecule has 1 heterocycles. The van der Waals surface area contributed by atoms with Gasteiger partial charge in [0.05, 0.1) is 13.0 Å². The quantitative estimate of drug-likeness (QED) is 0.925. The molecule has 2 rings (SSSR count). The lowest BCUT2D eigenvalue weighted by molar-refractivity contribution is -0.120. The summed E-state index contributed by atoms with van der Waals surface area (Å²) in [6.45, 7) is 0.236. The topological polar surface area (TPSA) is 42.2 Å². The van der Waals surface area contributed by atoms with Gasteiger partial charge < -0.3 is 9.73 Å². The van der Waals surface area contributed by atoms with Crippen molar-refractivity contribution in [2.45, 2.75) is 13.0 Å². The number of hydrogen-bond acceptors (Lipinski definition) is 2. The van der Waals surface area contributed by atoms with Crippen LogP contribution in [-0.4, -0.2) is 5.91 Å². The molecular weight excluding hydrogens is 257 g/mol. The van der Waals surface area contributed by atoms with Crippen molar-refractivity contribution >= 4 is 17.5 Å². The molecule has 0 spiro atoms. The van der Waals surface area contributed by atoms with Gasteiger partial charge in [-0.15, -0.1) is 0 Å². The van der Waals surface area contributed by atoms with Crippen molar-refractivity contribution < 1.29 is 13.6 Å². The number of benzene rings is 1. The van der Waals surface area contributed by atoms with Crippen molar-refractivity contribution in [3.05, 3.63) is 58.8 Å². The van der Waals surface area contributed by atoms with E-state index in [0.717, 1.165) is 0 Å². The molecule has 0 aliphatic carbocycles. The number of amides is 1. The van der Waals surface area contributed by atoms with Gasteiger partial charge in [0.2, 0.25) is 5.91 Å². The third-order valence-corrected chi connectivity index (χ3v) is 2.60. The Morgan fingerprint density at radius 1 is 1.28 bits per heavy atom. The first-order valence-corrected chi connectivity index (χ1v) is 5.77. The van der Waals surface area contributed by atoms with Gasteiger partial charge in [0.1, 0.15) is 11.6 Å². The molecule has 1 aromatic carbocycles. The number of carbonyl (C=O) groups is 1. The minimum absolute atomic E-state index is 0.00111. The van der Waals surface area contributed by atoms with Gasteiger partial charge >= 0.3 is 0 Å². The van der Waals surface area contributed by atoms with Crippen molar-refractivity contribution in [3.8, 4) is 0 Å². The third kappa shape index (κ3) is 3.34. The number of halogens is 2. The van der Waals surface area contributed by atoms with E-state index in [4.69, 9.17) is 16.0 Å². The van der Waals surface area contributed by atoms with Gasteiger partial charge in [-0.3, -0.25) is 4.79 Å². The van der Waals surface area contributed by atoms with Crippen LogP contribution in [0.5, 0.6) is 0 Å². The van der Waals surface area contributed by atoms with Crippen LogP contribution in [-0.2, 0) is 17.8 Å². The SMILES string of the molecule is O=C(Cc1ccccc1F)NCc1ccc(Cl)o1. The maximum Gasteiger partial charge on any atom is 0.224 e. The molecule has 0 saturated heterocycles. The van der Waals surface area contributed by atoms with E-state index >= 15 is 0 Å². The van der Waals surface area contributed by atoms with Gasteiger partial charge in [0.15, 0.2) is 5.22 Å². The number of hydrogen-bond donors (Lipinski definition) is 1. The Morgan fingerprint density at radius 2 is 2.06 bits per heavy atom. The average Bonchev–Trinajstić information content (AvgIpc) is 2.76. The Kier molecular flexibility index (Phi) is 3.99. The maximum atomic E-state index is 13.3. The van der Waals surface area contributed by atoms with Crippen LogP contribution >= 0.6 is 11.6 Å². The highest BCUT2D eigenvalue weighted by Crippen LogP contribution is 2.13. The molecule has 0 saturated carbocycles. The first kappa shape index (κ1) is 12.6. The van der Waals surface area contributed by atoms with Gasteiger partial charge in [-0.1, -0.05) is 18.2 Å². The normalized spacial score (nSPS) is 10.3. The van der Waals surface area contributed by atoms with Crippen LogP contribution in [0.1, 0.15) is 11.3 Å². The number of furan rings is 1. The maximum absolute atomic E-state index is 13.3. The average molecular weight is 268 g/mol. The van der Waals surface area contributed by atoms with Crippen LogP contribution in [0.25, 0.3) is 0 Å². The van der Waals surface area contributed by atoms with Gasteiger partial charge in [0.25, 0.3) is 0 Å². The Labute approximate surface area is 109 Å². The molecule has 1 aromatic heterocycles. The molecule has 0 bridgehead atoms. The van der Waals surface area contributed by atoms with Crippen LogP contribution in [0.2, 0.25) is 5.22 Å². The molecule has 1 N–H and O–H groups in total. The summed E-state index contributed by atoms with van der Waals surface area (Å²) in [5.74, 6) is -0.0943. The monoisotopic (exact) mass is 267 g/mol. The summed E-state index contributed by atoms with van der Waals surface area (Å²) in [5, 5.41) is 2.90. The molecular formula is C13H11ClFNO2. The second-order valence-corrected chi connectivity index (χ2v) is 4.12. The molecule has 5 heteroatoms. The zero-order chi connectivity index (χ0) is 13.0. The Balaban J connectivity index is 1.88. The van der Waals surface area contributed by atoms with Gasteiger partial charge in [-0.25, -0.2) is 4.39 Å². The number of carbonyl (C=O) groups excluding carboxylic acids is 1. The van der Waals surface area contributed by atoms with Gasteiger partial charge in [-0.05, 0) is 35.4 Å². The van der Waals surface area contributed by atoms with Crippen LogP contribution in [0.4, 0.5) is 4.39 Å². The summed E-state index contributed by atoms with van der Waals surface area (Å²) in [7, 11) is 0. The minimum atomic E-state index is -0.381. The fourth-order valence-corrected chi connectivity index (χ4v) is 1.67. The fraction of sp³-hybridized carbons (Fsp3) is 0.154. The van der Waals surface area contributed by atoms with Crippen LogP contribution in [0.3, 0.4) is 0 Å². The summed E-state index contributed by atoms with van der Waals surface area (Å²) in [5.41, 5.74) is 0.368. The van der Waals surface area contributed by atoms with Gasteiger partial charge in [-0.2, -0.15) is 0 Å². The van der Waals surface area contributed by atoms with Crippen molar-refractivity contribution in [1.82, 2.24) is 5.32 Å². The first-order chi connectivity index (χ1) is 8.65. The molecule has 3 nitrogen and oxygen atoms in total. The minimum Gasteiger partial charge on any atom is -0.448 e. The zero-order valence-electron chi connectivity index (χ0n) is 9.45. The predicted molar refractivity (Wildman–Crippen MR) is 65.7 cm³/mol. The molecule has 94 valence electrons. The van der Waals surface area contributed by atoms with E-state index in [9.17, 15) is 9.18 Å². The Bertz CT molecular complexity index is 553. The Hall–Kier alpha value is -1.81. The first-order valence-electron chi connectivity index (χ1n) is 5.39. The summed E-state index contributed by atoms with van der Waals surface area (Å²) in [6.07, 6.45) is 0.00111. The van der Waals surface area contributed by atoms with E-state index < -0.39 is 0 Å². The van der Waals surface area contributed by atoms with E-state index in [-0.39, 0.29) is 29.9 Å². The van der Waals surface area contributed by atoms with Crippen molar-refractivity contribution in [2.24, 2.45) is 0 Å². The smallest absolute Gasteiger partial charge is 0.224 e. The van der Waals surface area contributed by atoms with Crippen LogP contribution in [0.15, 0.2) is 40.8 Å². The summed E-state index contributed by atoms with van der Waals surface area (Å²) < 4.78 is 18.4. The summed E-state index contributed by atoms with van der Waals surface area (Å²) in [6, 6.07) is 9.46. The van der Waals surface area contributed by atoms with Crippen molar-refractivity contribution in [2.75, 3.05) is 0 Å². The highest BCUT2D eigenvalue weighted by molar-refractivity contribution is 6.28.